The topological polar surface area (TPSA) is 63.4 Å². The lowest BCUT2D eigenvalue weighted by molar-refractivity contribution is -0.134. The van der Waals surface area contributed by atoms with Gasteiger partial charge in [-0.05, 0) is 49.7 Å². The molecule has 2 N–H and O–H groups in total. The molecule has 1 aliphatic carbocycles. The molecule has 0 radical (unpaired) electrons. The third kappa shape index (κ3) is 5.17. The summed E-state index contributed by atoms with van der Waals surface area (Å²) in [6.07, 6.45) is 8.93. The Labute approximate surface area is 132 Å². The second kappa shape index (κ2) is 8.57. The molecule has 4 nitrogen and oxygen atoms in total. The predicted molar refractivity (Wildman–Crippen MR) is 87.3 cm³/mol. The van der Waals surface area contributed by atoms with Gasteiger partial charge in [-0.3, -0.25) is 9.59 Å². The minimum Gasteiger partial charge on any atom is -0.368 e. The van der Waals surface area contributed by atoms with Gasteiger partial charge in [0.15, 0.2) is 0 Å². The van der Waals surface area contributed by atoms with Crippen molar-refractivity contribution in [1.29, 1.82) is 0 Å². The van der Waals surface area contributed by atoms with E-state index in [2.05, 4.69) is 24.3 Å². The van der Waals surface area contributed by atoms with Crippen molar-refractivity contribution in [2.75, 3.05) is 13.1 Å². The van der Waals surface area contributed by atoms with Crippen LogP contribution in [0.1, 0.15) is 49.7 Å². The van der Waals surface area contributed by atoms with E-state index in [0.29, 0.717) is 13.0 Å². The number of rotatable bonds is 2. The molecule has 0 saturated carbocycles. The van der Waals surface area contributed by atoms with E-state index in [-0.39, 0.29) is 12.5 Å². The largest absolute Gasteiger partial charge is 0.368 e. The summed E-state index contributed by atoms with van der Waals surface area (Å²) >= 11 is 0. The Morgan fingerprint density at radius 1 is 0.955 bits per heavy atom. The molecule has 1 aliphatic heterocycles. The molecule has 3 rings (SSSR count). The van der Waals surface area contributed by atoms with Crippen LogP contribution in [0.3, 0.4) is 0 Å². The smallest absolute Gasteiger partial charge is 0.237 e. The summed E-state index contributed by atoms with van der Waals surface area (Å²) in [5.41, 5.74) is 8.16. The van der Waals surface area contributed by atoms with Gasteiger partial charge in [0.25, 0.3) is 0 Å². The van der Waals surface area contributed by atoms with E-state index in [1.165, 1.54) is 25.7 Å². The van der Waals surface area contributed by atoms with Crippen molar-refractivity contribution < 1.29 is 9.59 Å². The summed E-state index contributed by atoms with van der Waals surface area (Å²) in [7, 11) is 0. The standard InChI is InChI=1S/C10H12.C8H14N2O2/c1-2-6-10-8-4-3-7-9(10)5-1;9-7(11)6-10-5-3-1-2-4-8(10)12/h1-2,5-6H,3-4,7-8H2;1-6H2,(H2,9,11). The summed E-state index contributed by atoms with van der Waals surface area (Å²) in [4.78, 5) is 23.4. The number of fused-ring (bicyclic) bond motifs is 1. The lowest BCUT2D eigenvalue weighted by Crippen LogP contribution is -2.37. The Kier molecular flexibility index (Phi) is 6.44. The lowest BCUT2D eigenvalue weighted by atomic mass is 9.92. The van der Waals surface area contributed by atoms with Crippen LogP contribution < -0.4 is 5.73 Å². The highest BCUT2D eigenvalue weighted by Crippen LogP contribution is 2.19. The minimum atomic E-state index is -0.426. The Hall–Kier alpha value is -1.84. The summed E-state index contributed by atoms with van der Waals surface area (Å²) in [5, 5.41) is 0. The van der Waals surface area contributed by atoms with Crippen LogP contribution in [0.25, 0.3) is 0 Å². The first-order valence-corrected chi connectivity index (χ1v) is 8.29. The van der Waals surface area contributed by atoms with E-state index < -0.39 is 5.91 Å². The van der Waals surface area contributed by atoms with E-state index in [1.807, 2.05) is 0 Å². The van der Waals surface area contributed by atoms with E-state index in [4.69, 9.17) is 5.73 Å². The molecule has 1 fully saturated rings. The molecule has 22 heavy (non-hydrogen) atoms. The second-order valence-corrected chi connectivity index (χ2v) is 6.07. The van der Waals surface area contributed by atoms with E-state index in [9.17, 15) is 9.59 Å². The third-order valence-electron chi connectivity index (χ3n) is 4.28. The Bertz CT molecular complexity index is 489. The number of carbonyl (C=O) groups excluding carboxylic acids is 2. The molecular formula is C18H26N2O2. The number of aryl methyl sites for hydroxylation is 2. The predicted octanol–water partition coefficient (Wildman–Crippen LogP) is 2.44. The molecule has 120 valence electrons. The van der Waals surface area contributed by atoms with Crippen LogP contribution in [0.2, 0.25) is 0 Å². The van der Waals surface area contributed by atoms with Crippen LogP contribution in [-0.2, 0) is 22.4 Å². The molecule has 1 aromatic carbocycles. The molecule has 2 aliphatic rings. The lowest BCUT2D eigenvalue weighted by Gasteiger charge is -2.17. The molecule has 1 heterocycles. The van der Waals surface area contributed by atoms with E-state index >= 15 is 0 Å². The summed E-state index contributed by atoms with van der Waals surface area (Å²) < 4.78 is 0. The molecule has 0 unspecified atom stereocenters. The van der Waals surface area contributed by atoms with Crippen molar-refractivity contribution >= 4 is 11.8 Å². The van der Waals surface area contributed by atoms with Gasteiger partial charge in [-0.1, -0.05) is 30.7 Å². The normalized spacial score (nSPS) is 17.8. The maximum absolute atomic E-state index is 11.3. The van der Waals surface area contributed by atoms with Crippen molar-refractivity contribution in [2.24, 2.45) is 5.73 Å². The molecule has 0 bridgehead atoms. The first kappa shape index (κ1) is 16.5. The van der Waals surface area contributed by atoms with Gasteiger partial charge in [0.2, 0.25) is 11.8 Å². The SMILES string of the molecule is NC(=O)CN1CCCCCC1=O.c1ccc2c(c1)CCCC2. The molecule has 1 aromatic rings. The number of likely N-dealkylation sites (tertiary alicyclic amines) is 1. The van der Waals surface area contributed by atoms with Crippen molar-refractivity contribution in [1.82, 2.24) is 4.90 Å². The number of hydrogen-bond donors (Lipinski definition) is 1. The highest BCUT2D eigenvalue weighted by atomic mass is 16.2. The Balaban J connectivity index is 0.000000162. The molecule has 0 atom stereocenters. The molecule has 4 heteroatoms. The molecular weight excluding hydrogens is 276 g/mol. The van der Waals surface area contributed by atoms with Crippen LogP contribution in [0, 0.1) is 0 Å². The van der Waals surface area contributed by atoms with E-state index in [1.54, 1.807) is 16.0 Å². The third-order valence-corrected chi connectivity index (χ3v) is 4.28. The van der Waals surface area contributed by atoms with Crippen LogP contribution in [0.5, 0.6) is 0 Å². The van der Waals surface area contributed by atoms with Gasteiger partial charge in [0, 0.05) is 13.0 Å². The number of hydrogen-bond acceptors (Lipinski definition) is 2. The van der Waals surface area contributed by atoms with Crippen molar-refractivity contribution in [3.05, 3.63) is 35.4 Å². The quantitative estimate of drug-likeness (QED) is 0.912. The van der Waals surface area contributed by atoms with Crippen molar-refractivity contribution in [3.63, 3.8) is 0 Å². The summed E-state index contributed by atoms with van der Waals surface area (Å²) in [5.74, 6) is -0.364. The highest BCUT2D eigenvalue weighted by molar-refractivity contribution is 5.83. The number of benzene rings is 1. The maximum Gasteiger partial charge on any atom is 0.237 e. The minimum absolute atomic E-state index is 0.0614. The van der Waals surface area contributed by atoms with Crippen LogP contribution in [0.15, 0.2) is 24.3 Å². The zero-order valence-corrected chi connectivity index (χ0v) is 13.2. The average Bonchev–Trinajstić information content (AvgIpc) is 2.73. The zero-order chi connectivity index (χ0) is 15.8. The number of nitrogens with two attached hydrogens (primary N) is 1. The summed E-state index contributed by atoms with van der Waals surface area (Å²) in [6, 6.07) is 8.80. The van der Waals surface area contributed by atoms with Crippen LogP contribution in [0.4, 0.5) is 0 Å². The zero-order valence-electron chi connectivity index (χ0n) is 13.2. The number of carbonyl (C=O) groups is 2. The van der Waals surface area contributed by atoms with Gasteiger partial charge in [-0.2, -0.15) is 0 Å². The van der Waals surface area contributed by atoms with Gasteiger partial charge >= 0.3 is 0 Å². The maximum atomic E-state index is 11.3. The molecule has 2 amide bonds. The second-order valence-electron chi connectivity index (χ2n) is 6.07. The average molecular weight is 302 g/mol. The van der Waals surface area contributed by atoms with Crippen molar-refractivity contribution in [2.45, 2.75) is 51.4 Å². The van der Waals surface area contributed by atoms with Gasteiger partial charge < -0.3 is 10.6 Å². The molecule has 0 aromatic heterocycles. The summed E-state index contributed by atoms with van der Waals surface area (Å²) in [6.45, 7) is 0.764. The highest BCUT2D eigenvalue weighted by Gasteiger charge is 2.17. The molecule has 1 saturated heterocycles. The number of nitrogens with zero attached hydrogens (tertiary/aromatic N) is 1. The number of amides is 2. The monoisotopic (exact) mass is 302 g/mol. The van der Waals surface area contributed by atoms with Crippen LogP contribution >= 0.6 is 0 Å². The Morgan fingerprint density at radius 3 is 2.14 bits per heavy atom. The molecule has 0 spiro atoms. The fraction of sp³-hybridized carbons (Fsp3) is 0.556. The first-order valence-electron chi connectivity index (χ1n) is 8.29. The van der Waals surface area contributed by atoms with Gasteiger partial charge in [0.1, 0.15) is 0 Å². The number of primary amides is 1. The van der Waals surface area contributed by atoms with Gasteiger partial charge in [-0.15, -0.1) is 0 Å². The fourth-order valence-corrected chi connectivity index (χ4v) is 3.07. The van der Waals surface area contributed by atoms with Gasteiger partial charge in [0.05, 0.1) is 6.54 Å². The van der Waals surface area contributed by atoms with Crippen LogP contribution in [-0.4, -0.2) is 29.8 Å². The van der Waals surface area contributed by atoms with Crippen molar-refractivity contribution in [3.8, 4) is 0 Å². The first-order chi connectivity index (χ1) is 10.7. The Morgan fingerprint density at radius 2 is 1.55 bits per heavy atom. The fourth-order valence-electron chi connectivity index (χ4n) is 3.07. The van der Waals surface area contributed by atoms with Gasteiger partial charge in [-0.25, -0.2) is 0 Å². The van der Waals surface area contributed by atoms with E-state index in [0.717, 1.165) is 19.3 Å².